The fourth-order valence-corrected chi connectivity index (χ4v) is 8.52. The van der Waals surface area contributed by atoms with E-state index < -0.39 is 71.7 Å². The van der Waals surface area contributed by atoms with Crippen LogP contribution in [0, 0.1) is 0 Å². The number of primary amides is 1. The Morgan fingerprint density at radius 3 is 1.77 bits per heavy atom. The van der Waals surface area contributed by atoms with Crippen LogP contribution in [-0.4, -0.2) is 106 Å². The van der Waals surface area contributed by atoms with Crippen molar-refractivity contribution in [2.24, 2.45) is 22.9 Å². The van der Waals surface area contributed by atoms with Crippen LogP contribution in [0.1, 0.15) is 68.1 Å². The van der Waals surface area contributed by atoms with Gasteiger partial charge in [-0.3, -0.25) is 28.8 Å². The van der Waals surface area contributed by atoms with Crippen molar-refractivity contribution in [3.63, 3.8) is 0 Å². The van der Waals surface area contributed by atoms with Crippen molar-refractivity contribution in [3.8, 4) is 0 Å². The van der Waals surface area contributed by atoms with Gasteiger partial charge in [-0.2, -0.15) is 0 Å². The molecule has 17 heteroatoms. The zero-order valence-corrected chi connectivity index (χ0v) is 36.7. The summed E-state index contributed by atoms with van der Waals surface area (Å²) in [6.45, 7) is 1.05. The van der Waals surface area contributed by atoms with E-state index in [1.807, 2.05) is 78.9 Å². The van der Waals surface area contributed by atoms with Crippen molar-refractivity contribution >= 4 is 57.2 Å². The number of hydrogen-bond donors (Lipinski definition) is 10. The molecular formula is C48H63N11O6. The van der Waals surface area contributed by atoms with Crippen LogP contribution in [-0.2, 0) is 48.0 Å². The molecule has 3 aromatic carbocycles. The highest BCUT2D eigenvalue weighted by atomic mass is 16.2. The number of fused-ring (bicyclic) bond motifs is 2. The van der Waals surface area contributed by atoms with Crippen molar-refractivity contribution in [2.75, 3.05) is 19.6 Å². The summed E-state index contributed by atoms with van der Waals surface area (Å²) in [4.78, 5) is 91.5. The summed E-state index contributed by atoms with van der Waals surface area (Å²) >= 11 is 0. The van der Waals surface area contributed by atoms with Crippen molar-refractivity contribution in [1.82, 2.24) is 36.1 Å². The Balaban J connectivity index is 1.23. The van der Waals surface area contributed by atoms with Gasteiger partial charge in [0.2, 0.25) is 35.4 Å². The molecule has 6 rings (SSSR count). The summed E-state index contributed by atoms with van der Waals surface area (Å²) in [5, 5.41) is 13.2. The van der Waals surface area contributed by atoms with Gasteiger partial charge in [0, 0.05) is 60.0 Å². The molecule has 0 radical (unpaired) electrons. The summed E-state index contributed by atoms with van der Waals surface area (Å²) < 4.78 is 0. The standard InChI is InChI=1S/C48H63N11O6/c49-22-10-8-17-35(51)44(61)57-40(25-30-13-2-1-3-14-30)46(63)55-38(20-9-11-23-50)45(62)58-41(27-32-29-54-37-19-7-5-16-34(32)37)48(65)59-24-12-21-42(59)47(64)56-39(43(52)60)26-31-28-53-36-18-6-4-15-33(31)36/h1-7,13-16,18-19,28-29,35,38-42,53-54H,8-12,17,20-27,49-51H2,(H2,52,60)(H,55,63)(H,56,64)(H,57,61)(H,58,62)/t35-,38-,39-,40-,41-,42-/m0/s1. The van der Waals surface area contributed by atoms with E-state index in [0.717, 1.165) is 38.5 Å². The quantitative estimate of drug-likeness (QED) is 0.0403. The summed E-state index contributed by atoms with van der Waals surface area (Å²) in [5.74, 6) is -3.48. The summed E-state index contributed by atoms with van der Waals surface area (Å²) in [7, 11) is 0. The lowest BCUT2D eigenvalue weighted by molar-refractivity contribution is -0.142. The number of hydrogen-bond acceptors (Lipinski definition) is 9. The lowest BCUT2D eigenvalue weighted by atomic mass is 10.0. The molecule has 1 aliphatic rings. The normalized spacial score (nSPS) is 16.0. The highest BCUT2D eigenvalue weighted by Crippen LogP contribution is 2.24. The van der Waals surface area contributed by atoms with Crippen molar-refractivity contribution < 1.29 is 28.8 Å². The fraction of sp³-hybridized carbons (Fsp3) is 0.417. The average Bonchev–Trinajstić information content (AvgIpc) is 4.07. The van der Waals surface area contributed by atoms with Gasteiger partial charge in [0.1, 0.15) is 30.2 Å². The molecule has 1 saturated heterocycles. The Labute approximate surface area is 378 Å². The summed E-state index contributed by atoms with van der Waals surface area (Å²) in [6, 6.07) is 18.1. The first kappa shape index (κ1) is 47.9. The topological polar surface area (TPSA) is 289 Å². The number of aromatic amines is 2. The second kappa shape index (κ2) is 23.4. The van der Waals surface area contributed by atoms with E-state index in [9.17, 15) is 28.8 Å². The Bertz CT molecular complexity index is 2400. The van der Waals surface area contributed by atoms with Gasteiger partial charge in [-0.1, -0.05) is 73.2 Å². The number of nitrogens with one attached hydrogen (secondary N) is 6. The van der Waals surface area contributed by atoms with Crippen molar-refractivity contribution in [3.05, 3.63) is 108 Å². The zero-order valence-electron chi connectivity index (χ0n) is 36.7. The molecule has 14 N–H and O–H groups in total. The molecule has 3 heterocycles. The predicted octanol–water partition coefficient (Wildman–Crippen LogP) is 1.68. The van der Waals surface area contributed by atoms with Gasteiger partial charge >= 0.3 is 0 Å². The largest absolute Gasteiger partial charge is 0.368 e. The Morgan fingerprint density at radius 2 is 1.15 bits per heavy atom. The van der Waals surface area contributed by atoms with Crippen LogP contribution in [0.4, 0.5) is 0 Å². The molecule has 1 fully saturated rings. The minimum absolute atomic E-state index is 0.0576. The Hall–Kier alpha value is -6.56. The fourth-order valence-electron chi connectivity index (χ4n) is 8.52. The molecule has 17 nitrogen and oxygen atoms in total. The number of nitrogens with zero attached hydrogens (tertiary/aromatic N) is 1. The average molecular weight is 890 g/mol. The van der Waals surface area contributed by atoms with E-state index in [2.05, 4.69) is 31.2 Å². The maximum absolute atomic E-state index is 14.8. The van der Waals surface area contributed by atoms with E-state index in [1.54, 1.807) is 12.4 Å². The monoisotopic (exact) mass is 889 g/mol. The lowest BCUT2D eigenvalue weighted by Crippen LogP contribution is -2.60. The maximum Gasteiger partial charge on any atom is 0.246 e. The van der Waals surface area contributed by atoms with Crippen molar-refractivity contribution in [1.29, 1.82) is 0 Å². The van der Waals surface area contributed by atoms with Crippen LogP contribution in [0.2, 0.25) is 0 Å². The van der Waals surface area contributed by atoms with E-state index in [-0.39, 0.29) is 32.2 Å². The first-order valence-corrected chi connectivity index (χ1v) is 22.6. The van der Waals surface area contributed by atoms with Crippen LogP contribution in [0.15, 0.2) is 91.3 Å². The Kier molecular flexibility index (Phi) is 17.2. The number of likely N-dealkylation sites (tertiary alicyclic amines) is 1. The summed E-state index contributed by atoms with van der Waals surface area (Å²) in [6.07, 6.45) is 7.68. The van der Waals surface area contributed by atoms with Gasteiger partial charge in [-0.25, -0.2) is 0 Å². The number of unbranched alkanes of at least 4 members (excludes halogenated alkanes) is 2. The number of nitrogens with two attached hydrogens (primary N) is 4. The zero-order chi connectivity index (χ0) is 46.3. The summed E-state index contributed by atoms with van der Waals surface area (Å²) in [5.41, 5.74) is 27.6. The predicted molar refractivity (Wildman–Crippen MR) is 250 cm³/mol. The third-order valence-corrected chi connectivity index (χ3v) is 12.1. The van der Waals surface area contributed by atoms with E-state index in [1.165, 1.54) is 4.90 Å². The molecule has 0 saturated carbocycles. The number of benzene rings is 3. The molecule has 0 bridgehead atoms. The smallest absolute Gasteiger partial charge is 0.246 e. The minimum Gasteiger partial charge on any atom is -0.368 e. The second-order valence-corrected chi connectivity index (χ2v) is 16.8. The van der Waals surface area contributed by atoms with Gasteiger partial charge in [-0.15, -0.1) is 0 Å². The molecular weight excluding hydrogens is 827 g/mol. The molecule has 6 amide bonds. The highest BCUT2D eigenvalue weighted by Gasteiger charge is 2.40. The Morgan fingerprint density at radius 1 is 0.615 bits per heavy atom. The number of rotatable bonds is 24. The van der Waals surface area contributed by atoms with Crippen LogP contribution in [0.5, 0.6) is 0 Å². The number of carbonyl (C=O) groups is 6. The number of carbonyl (C=O) groups excluding carboxylic acids is 6. The number of amides is 6. The van der Waals surface area contributed by atoms with Crippen molar-refractivity contribution in [2.45, 2.75) is 107 Å². The van der Waals surface area contributed by atoms with Gasteiger partial charge in [-0.05, 0) is 86.9 Å². The molecule has 2 aromatic heterocycles. The molecule has 5 aromatic rings. The van der Waals surface area contributed by atoms with Gasteiger partial charge in [0.25, 0.3) is 0 Å². The van der Waals surface area contributed by atoms with Gasteiger partial charge in [0.05, 0.1) is 6.04 Å². The molecule has 0 spiro atoms. The lowest BCUT2D eigenvalue weighted by Gasteiger charge is -2.31. The number of para-hydroxylation sites is 2. The van der Waals surface area contributed by atoms with Crippen LogP contribution >= 0.6 is 0 Å². The second-order valence-electron chi connectivity index (χ2n) is 16.8. The van der Waals surface area contributed by atoms with E-state index in [4.69, 9.17) is 22.9 Å². The van der Waals surface area contributed by atoms with Gasteiger partial charge in [0.15, 0.2) is 0 Å². The van der Waals surface area contributed by atoms with Crippen LogP contribution < -0.4 is 44.2 Å². The van der Waals surface area contributed by atoms with E-state index in [0.29, 0.717) is 58.0 Å². The van der Waals surface area contributed by atoms with Crippen LogP contribution in [0.25, 0.3) is 21.8 Å². The molecule has 6 atom stereocenters. The number of H-pyrrole nitrogens is 2. The first-order valence-electron chi connectivity index (χ1n) is 22.6. The highest BCUT2D eigenvalue weighted by molar-refractivity contribution is 5.97. The third-order valence-electron chi connectivity index (χ3n) is 12.1. The first-order chi connectivity index (χ1) is 31.5. The maximum atomic E-state index is 14.8. The molecule has 0 aliphatic carbocycles. The van der Waals surface area contributed by atoms with Crippen LogP contribution in [0.3, 0.4) is 0 Å². The van der Waals surface area contributed by atoms with Gasteiger partial charge < -0.3 is 59.1 Å². The number of aromatic nitrogens is 2. The molecule has 346 valence electrons. The molecule has 0 unspecified atom stereocenters. The molecule has 1 aliphatic heterocycles. The SMILES string of the molecule is NCCCC[C@H](NC(=O)[C@H](Cc1ccccc1)NC(=O)[C@@H](N)CCCCN)C(=O)N[C@@H](Cc1c[nH]c2ccccc12)C(=O)N1CCC[C@H]1C(=O)N[C@@H](Cc1c[nH]c2ccccc12)C(N)=O. The minimum atomic E-state index is -1.17. The van der Waals surface area contributed by atoms with E-state index >= 15 is 0 Å². The molecule has 65 heavy (non-hydrogen) atoms. The third kappa shape index (κ3) is 12.8.